The van der Waals surface area contributed by atoms with Gasteiger partial charge in [0.05, 0.1) is 6.42 Å². The lowest BCUT2D eigenvalue weighted by Crippen LogP contribution is -2.21. The standard InChI is InChI=1S/C13H19N3O2/c1-2-3-4-10-5-7-11(8-6-10)15-13(17)9-12(14)16-18/h5-8,18H,2-4,9H2,1H3,(H2,14,16)(H,15,17). The number of nitrogens with two attached hydrogens (primary N) is 1. The van der Waals surface area contributed by atoms with Crippen molar-refractivity contribution in [1.29, 1.82) is 0 Å². The van der Waals surface area contributed by atoms with Gasteiger partial charge in [0.2, 0.25) is 5.91 Å². The third kappa shape index (κ3) is 4.86. The normalized spacial score (nSPS) is 11.3. The second-order valence-electron chi connectivity index (χ2n) is 4.12. The van der Waals surface area contributed by atoms with Crippen molar-refractivity contribution in [2.45, 2.75) is 32.6 Å². The van der Waals surface area contributed by atoms with Gasteiger partial charge in [-0.1, -0.05) is 30.6 Å². The number of hydrogen-bond donors (Lipinski definition) is 3. The average Bonchev–Trinajstić information content (AvgIpc) is 2.37. The van der Waals surface area contributed by atoms with Crippen LogP contribution in [-0.2, 0) is 11.2 Å². The number of amidine groups is 1. The maximum atomic E-state index is 11.5. The van der Waals surface area contributed by atoms with E-state index in [1.807, 2.05) is 24.3 Å². The molecule has 0 aliphatic rings. The van der Waals surface area contributed by atoms with E-state index in [1.54, 1.807) is 0 Å². The molecule has 0 bridgehead atoms. The van der Waals surface area contributed by atoms with Gasteiger partial charge in [0.15, 0.2) is 0 Å². The second-order valence-corrected chi connectivity index (χ2v) is 4.12. The van der Waals surface area contributed by atoms with Crippen LogP contribution in [0.25, 0.3) is 0 Å². The van der Waals surface area contributed by atoms with Crippen molar-refractivity contribution in [2.75, 3.05) is 5.32 Å². The molecule has 0 heterocycles. The van der Waals surface area contributed by atoms with E-state index >= 15 is 0 Å². The van der Waals surface area contributed by atoms with Crippen LogP contribution < -0.4 is 11.1 Å². The summed E-state index contributed by atoms with van der Waals surface area (Å²) in [5, 5.41) is 13.8. The predicted octanol–water partition coefficient (Wildman–Crippen LogP) is 2.10. The topological polar surface area (TPSA) is 87.7 Å². The number of amides is 1. The Morgan fingerprint density at radius 2 is 2.06 bits per heavy atom. The SMILES string of the molecule is CCCCc1ccc(NC(=O)CC(N)=NO)cc1. The quantitative estimate of drug-likeness (QED) is 0.312. The highest BCUT2D eigenvalue weighted by Gasteiger charge is 2.05. The molecule has 0 atom stereocenters. The number of oxime groups is 1. The fourth-order valence-corrected chi connectivity index (χ4v) is 1.54. The number of carbonyl (C=O) groups excluding carboxylic acids is 1. The van der Waals surface area contributed by atoms with E-state index in [-0.39, 0.29) is 18.2 Å². The molecule has 1 rings (SSSR count). The summed E-state index contributed by atoms with van der Waals surface area (Å²) < 4.78 is 0. The smallest absolute Gasteiger partial charge is 0.232 e. The molecule has 1 aromatic rings. The van der Waals surface area contributed by atoms with E-state index in [0.29, 0.717) is 5.69 Å². The third-order valence-corrected chi connectivity index (χ3v) is 2.53. The number of nitrogens with one attached hydrogen (secondary N) is 1. The summed E-state index contributed by atoms with van der Waals surface area (Å²) in [6.45, 7) is 2.15. The van der Waals surface area contributed by atoms with Crippen LogP contribution in [0.4, 0.5) is 5.69 Å². The average molecular weight is 249 g/mol. The zero-order valence-electron chi connectivity index (χ0n) is 10.5. The highest BCUT2D eigenvalue weighted by Crippen LogP contribution is 2.12. The molecular formula is C13H19N3O2. The summed E-state index contributed by atoms with van der Waals surface area (Å²) in [6, 6.07) is 7.70. The Hall–Kier alpha value is -2.04. The first-order valence-electron chi connectivity index (χ1n) is 6.01. The van der Waals surface area contributed by atoms with Crippen LogP contribution in [0, 0.1) is 0 Å². The van der Waals surface area contributed by atoms with E-state index in [4.69, 9.17) is 10.9 Å². The zero-order chi connectivity index (χ0) is 13.4. The molecule has 0 saturated heterocycles. The number of aryl methyl sites for hydroxylation is 1. The number of anilines is 1. The lowest BCUT2D eigenvalue weighted by Gasteiger charge is -2.06. The van der Waals surface area contributed by atoms with Gasteiger partial charge in [-0.05, 0) is 30.5 Å². The number of carbonyl (C=O) groups is 1. The monoisotopic (exact) mass is 249 g/mol. The highest BCUT2D eigenvalue weighted by atomic mass is 16.4. The van der Waals surface area contributed by atoms with Gasteiger partial charge in [0, 0.05) is 5.69 Å². The molecule has 0 aliphatic heterocycles. The van der Waals surface area contributed by atoms with Crippen LogP contribution in [0.3, 0.4) is 0 Å². The molecule has 5 heteroatoms. The molecule has 4 N–H and O–H groups in total. The Morgan fingerprint density at radius 3 is 2.61 bits per heavy atom. The minimum absolute atomic E-state index is 0.105. The number of nitrogens with zero attached hydrogens (tertiary/aromatic N) is 1. The van der Waals surface area contributed by atoms with Gasteiger partial charge < -0.3 is 16.3 Å². The molecule has 1 aromatic carbocycles. The Kier molecular flexibility index (Phi) is 5.70. The lowest BCUT2D eigenvalue weighted by atomic mass is 10.1. The molecule has 5 nitrogen and oxygen atoms in total. The Morgan fingerprint density at radius 1 is 1.39 bits per heavy atom. The van der Waals surface area contributed by atoms with Crippen molar-refractivity contribution in [3.8, 4) is 0 Å². The molecule has 18 heavy (non-hydrogen) atoms. The summed E-state index contributed by atoms with van der Waals surface area (Å²) in [5.74, 6) is -0.404. The highest BCUT2D eigenvalue weighted by molar-refractivity contribution is 6.04. The van der Waals surface area contributed by atoms with Gasteiger partial charge in [0.25, 0.3) is 0 Å². The molecule has 0 aromatic heterocycles. The zero-order valence-corrected chi connectivity index (χ0v) is 10.5. The summed E-state index contributed by atoms with van der Waals surface area (Å²) in [4.78, 5) is 11.5. The van der Waals surface area contributed by atoms with Crippen LogP contribution >= 0.6 is 0 Å². The lowest BCUT2D eigenvalue weighted by molar-refractivity contribution is -0.115. The largest absolute Gasteiger partial charge is 0.409 e. The summed E-state index contributed by atoms with van der Waals surface area (Å²) in [5.41, 5.74) is 7.22. The van der Waals surface area contributed by atoms with Crippen molar-refractivity contribution in [3.05, 3.63) is 29.8 Å². The predicted molar refractivity (Wildman–Crippen MR) is 71.7 cm³/mol. The second kappa shape index (κ2) is 7.32. The Labute approximate surface area is 107 Å². The van der Waals surface area contributed by atoms with Gasteiger partial charge in [-0.25, -0.2) is 0 Å². The molecule has 0 saturated carbocycles. The molecule has 0 fully saturated rings. The van der Waals surface area contributed by atoms with Crippen LogP contribution in [0.15, 0.2) is 29.4 Å². The molecular weight excluding hydrogens is 230 g/mol. The van der Waals surface area contributed by atoms with E-state index in [9.17, 15) is 4.79 Å². The van der Waals surface area contributed by atoms with Gasteiger partial charge in [-0.15, -0.1) is 0 Å². The molecule has 0 aliphatic carbocycles. The summed E-state index contributed by atoms with van der Waals surface area (Å²) >= 11 is 0. The Bertz CT molecular complexity index is 413. The van der Waals surface area contributed by atoms with Crippen LogP contribution in [0.2, 0.25) is 0 Å². The van der Waals surface area contributed by atoms with Crippen molar-refractivity contribution >= 4 is 17.4 Å². The maximum absolute atomic E-state index is 11.5. The number of benzene rings is 1. The van der Waals surface area contributed by atoms with Crippen LogP contribution in [0.1, 0.15) is 31.7 Å². The van der Waals surface area contributed by atoms with E-state index < -0.39 is 0 Å². The number of unbranched alkanes of at least 4 members (excludes halogenated alkanes) is 1. The fourth-order valence-electron chi connectivity index (χ4n) is 1.54. The molecule has 0 spiro atoms. The van der Waals surface area contributed by atoms with Crippen molar-refractivity contribution in [3.63, 3.8) is 0 Å². The molecule has 0 unspecified atom stereocenters. The summed E-state index contributed by atoms with van der Waals surface area (Å²) in [6.07, 6.45) is 3.26. The third-order valence-electron chi connectivity index (χ3n) is 2.53. The van der Waals surface area contributed by atoms with Crippen molar-refractivity contribution in [2.24, 2.45) is 10.9 Å². The molecule has 0 radical (unpaired) electrons. The van der Waals surface area contributed by atoms with Crippen molar-refractivity contribution < 1.29 is 10.0 Å². The van der Waals surface area contributed by atoms with Gasteiger partial charge in [-0.2, -0.15) is 0 Å². The van der Waals surface area contributed by atoms with Gasteiger partial charge in [-0.3, -0.25) is 4.79 Å². The minimum atomic E-state index is -0.299. The molecule has 1 amide bonds. The first-order valence-corrected chi connectivity index (χ1v) is 6.01. The minimum Gasteiger partial charge on any atom is -0.409 e. The maximum Gasteiger partial charge on any atom is 0.232 e. The van der Waals surface area contributed by atoms with E-state index in [0.717, 1.165) is 19.3 Å². The summed E-state index contributed by atoms with van der Waals surface area (Å²) in [7, 11) is 0. The van der Waals surface area contributed by atoms with Gasteiger partial charge >= 0.3 is 0 Å². The van der Waals surface area contributed by atoms with Gasteiger partial charge in [0.1, 0.15) is 5.84 Å². The van der Waals surface area contributed by atoms with Crippen LogP contribution in [0.5, 0.6) is 0 Å². The number of rotatable bonds is 6. The molecule has 98 valence electrons. The van der Waals surface area contributed by atoms with E-state index in [2.05, 4.69) is 17.4 Å². The first kappa shape index (κ1) is 14.0. The first-order chi connectivity index (χ1) is 8.65. The van der Waals surface area contributed by atoms with E-state index in [1.165, 1.54) is 5.56 Å². The fraction of sp³-hybridized carbons (Fsp3) is 0.385. The van der Waals surface area contributed by atoms with Crippen LogP contribution in [-0.4, -0.2) is 17.0 Å². The Balaban J connectivity index is 2.50. The van der Waals surface area contributed by atoms with Crippen molar-refractivity contribution in [1.82, 2.24) is 0 Å². The number of hydrogen-bond acceptors (Lipinski definition) is 3.